The highest BCUT2D eigenvalue weighted by Crippen LogP contribution is 1.91. The van der Waals surface area contributed by atoms with Crippen LogP contribution in [0.3, 0.4) is 0 Å². The third kappa shape index (κ3) is 5.41. The van der Waals surface area contributed by atoms with Crippen molar-refractivity contribution < 1.29 is 4.39 Å². The Bertz CT molecular complexity index is 86.4. The first-order valence-corrected chi connectivity index (χ1v) is 2.22. The number of hydrogen-bond donors (Lipinski definition) is 0. The molecule has 0 fully saturated rings. The smallest absolute Gasteiger partial charge is 0.0968 e. The predicted molar refractivity (Wildman–Crippen MR) is 29.7 cm³/mol. The predicted octanol–water partition coefficient (Wildman–Crippen LogP) is 2.44. The molecule has 0 aliphatic rings. The zero-order valence-electron chi connectivity index (χ0n) is 4.61. The largest absolute Gasteiger partial charge is 0.212 e. The molecule has 0 bridgehead atoms. The van der Waals surface area contributed by atoms with Gasteiger partial charge in [-0.05, 0) is 19.9 Å². The molecule has 1 heteroatoms. The standard InChI is InChI=1S/C6H9F/c1-3-4-5-6(2)7/h3-5H,1-2H3. The van der Waals surface area contributed by atoms with Gasteiger partial charge < -0.3 is 0 Å². The van der Waals surface area contributed by atoms with Crippen molar-refractivity contribution >= 4 is 0 Å². The maximum absolute atomic E-state index is 11.7. The summed E-state index contributed by atoms with van der Waals surface area (Å²) in [7, 11) is 0. The summed E-state index contributed by atoms with van der Waals surface area (Å²) in [6.07, 6.45) is 4.86. The molecule has 0 aromatic heterocycles. The lowest BCUT2D eigenvalue weighted by molar-refractivity contribution is 0.640. The lowest BCUT2D eigenvalue weighted by atomic mass is 10.4. The molecule has 0 aromatic rings. The molecule has 40 valence electrons. The van der Waals surface area contributed by atoms with Crippen LogP contribution in [0.15, 0.2) is 24.1 Å². The highest BCUT2D eigenvalue weighted by atomic mass is 19.1. The third-order valence-electron chi connectivity index (χ3n) is 0.518. The number of halogens is 1. The average molecular weight is 100 g/mol. The second kappa shape index (κ2) is 3.59. The molecule has 0 amide bonds. The Morgan fingerprint density at radius 2 is 2.14 bits per heavy atom. The van der Waals surface area contributed by atoms with E-state index in [4.69, 9.17) is 0 Å². The molecule has 0 radical (unpaired) electrons. The molecular formula is C6H9F. The molecule has 0 spiro atoms. The fourth-order valence-electron chi connectivity index (χ4n) is 0.229. The molecule has 0 N–H and O–H groups in total. The molecule has 0 aliphatic carbocycles. The average Bonchev–Trinajstić information content (AvgIpc) is 1.61. The fourth-order valence-corrected chi connectivity index (χ4v) is 0.229. The van der Waals surface area contributed by atoms with Crippen LogP contribution in [0, 0.1) is 0 Å². The quantitative estimate of drug-likeness (QED) is 0.444. The van der Waals surface area contributed by atoms with Crippen LogP contribution >= 0.6 is 0 Å². The molecule has 0 heterocycles. The minimum atomic E-state index is -0.155. The van der Waals surface area contributed by atoms with E-state index in [1.165, 1.54) is 13.0 Å². The molecule has 0 saturated heterocycles. The second-order valence-electron chi connectivity index (χ2n) is 1.28. The zero-order chi connectivity index (χ0) is 5.70. The van der Waals surface area contributed by atoms with Gasteiger partial charge in [0.05, 0.1) is 5.83 Å². The normalized spacial score (nSPS) is 13.3. The van der Waals surface area contributed by atoms with Crippen molar-refractivity contribution in [2.75, 3.05) is 0 Å². The first kappa shape index (κ1) is 6.41. The Morgan fingerprint density at radius 3 is 2.29 bits per heavy atom. The SMILES string of the molecule is CC=CC=C(C)F. The topological polar surface area (TPSA) is 0 Å². The molecule has 0 aliphatic heterocycles. The van der Waals surface area contributed by atoms with E-state index in [0.29, 0.717) is 0 Å². The van der Waals surface area contributed by atoms with Crippen LogP contribution < -0.4 is 0 Å². The highest BCUT2D eigenvalue weighted by molar-refractivity contribution is 5.03. The van der Waals surface area contributed by atoms with Gasteiger partial charge in [0, 0.05) is 0 Å². The number of rotatable bonds is 1. The molecule has 0 nitrogen and oxygen atoms in total. The van der Waals surface area contributed by atoms with E-state index in [0.717, 1.165) is 0 Å². The summed E-state index contributed by atoms with van der Waals surface area (Å²) in [5.41, 5.74) is 0. The van der Waals surface area contributed by atoms with Crippen LogP contribution in [-0.4, -0.2) is 0 Å². The van der Waals surface area contributed by atoms with Crippen LogP contribution in [-0.2, 0) is 0 Å². The van der Waals surface area contributed by atoms with Crippen LogP contribution in [0.25, 0.3) is 0 Å². The van der Waals surface area contributed by atoms with Gasteiger partial charge in [-0.2, -0.15) is 0 Å². The summed E-state index contributed by atoms with van der Waals surface area (Å²) in [6.45, 7) is 3.26. The van der Waals surface area contributed by atoms with Gasteiger partial charge in [-0.3, -0.25) is 0 Å². The van der Waals surface area contributed by atoms with Crippen molar-refractivity contribution in [2.24, 2.45) is 0 Å². The molecular weight excluding hydrogens is 91.1 g/mol. The number of allylic oxidation sites excluding steroid dienone is 4. The molecule has 0 rings (SSSR count). The van der Waals surface area contributed by atoms with Crippen LogP contribution in [0.1, 0.15) is 13.8 Å². The van der Waals surface area contributed by atoms with Crippen molar-refractivity contribution in [3.05, 3.63) is 24.1 Å². The Kier molecular flexibility index (Phi) is 3.29. The lowest BCUT2D eigenvalue weighted by Crippen LogP contribution is -1.53. The number of hydrogen-bond acceptors (Lipinski definition) is 0. The van der Waals surface area contributed by atoms with E-state index in [1.54, 1.807) is 12.2 Å². The van der Waals surface area contributed by atoms with Gasteiger partial charge in [0.15, 0.2) is 0 Å². The first-order valence-electron chi connectivity index (χ1n) is 2.22. The minimum absolute atomic E-state index is 0.155. The van der Waals surface area contributed by atoms with E-state index < -0.39 is 0 Å². The summed E-state index contributed by atoms with van der Waals surface area (Å²) in [6, 6.07) is 0. The lowest BCUT2D eigenvalue weighted by Gasteiger charge is -1.73. The monoisotopic (exact) mass is 100 g/mol. The van der Waals surface area contributed by atoms with Gasteiger partial charge in [0.2, 0.25) is 0 Å². The van der Waals surface area contributed by atoms with Crippen molar-refractivity contribution in [1.29, 1.82) is 0 Å². The molecule has 0 unspecified atom stereocenters. The fraction of sp³-hybridized carbons (Fsp3) is 0.333. The Hall–Kier alpha value is -0.590. The van der Waals surface area contributed by atoms with Gasteiger partial charge in [0.1, 0.15) is 0 Å². The molecule has 0 saturated carbocycles. The van der Waals surface area contributed by atoms with Gasteiger partial charge >= 0.3 is 0 Å². The molecule has 0 atom stereocenters. The van der Waals surface area contributed by atoms with Crippen LogP contribution in [0.2, 0.25) is 0 Å². The minimum Gasteiger partial charge on any atom is -0.212 e. The highest BCUT2D eigenvalue weighted by Gasteiger charge is 1.71. The van der Waals surface area contributed by atoms with E-state index in [-0.39, 0.29) is 5.83 Å². The van der Waals surface area contributed by atoms with Crippen molar-refractivity contribution in [3.63, 3.8) is 0 Å². The maximum Gasteiger partial charge on any atom is 0.0968 e. The van der Waals surface area contributed by atoms with Gasteiger partial charge in [-0.15, -0.1) is 0 Å². The summed E-state index contributed by atoms with van der Waals surface area (Å²) in [5.74, 6) is -0.155. The summed E-state index contributed by atoms with van der Waals surface area (Å²) >= 11 is 0. The van der Waals surface area contributed by atoms with E-state index in [1.807, 2.05) is 6.92 Å². The van der Waals surface area contributed by atoms with Crippen molar-refractivity contribution in [2.45, 2.75) is 13.8 Å². The Morgan fingerprint density at radius 1 is 1.57 bits per heavy atom. The van der Waals surface area contributed by atoms with E-state index >= 15 is 0 Å². The van der Waals surface area contributed by atoms with Gasteiger partial charge in [-0.25, -0.2) is 4.39 Å². The summed E-state index contributed by atoms with van der Waals surface area (Å²) in [4.78, 5) is 0. The van der Waals surface area contributed by atoms with E-state index in [9.17, 15) is 4.39 Å². The van der Waals surface area contributed by atoms with Crippen molar-refractivity contribution in [1.82, 2.24) is 0 Å². The summed E-state index contributed by atoms with van der Waals surface area (Å²) in [5, 5.41) is 0. The third-order valence-corrected chi connectivity index (χ3v) is 0.518. The second-order valence-corrected chi connectivity index (χ2v) is 1.28. The molecule has 0 aromatic carbocycles. The Labute approximate surface area is 43.4 Å². The Balaban J connectivity index is 3.46. The zero-order valence-corrected chi connectivity index (χ0v) is 4.61. The van der Waals surface area contributed by atoms with Crippen LogP contribution in [0.5, 0.6) is 0 Å². The first-order chi connectivity index (χ1) is 3.27. The molecule has 7 heavy (non-hydrogen) atoms. The van der Waals surface area contributed by atoms with Crippen LogP contribution in [0.4, 0.5) is 4.39 Å². The van der Waals surface area contributed by atoms with Crippen molar-refractivity contribution in [3.8, 4) is 0 Å². The summed E-state index contributed by atoms with van der Waals surface area (Å²) < 4.78 is 11.7. The van der Waals surface area contributed by atoms with E-state index in [2.05, 4.69) is 0 Å². The van der Waals surface area contributed by atoms with Gasteiger partial charge in [-0.1, -0.05) is 12.2 Å². The maximum atomic E-state index is 11.7. The van der Waals surface area contributed by atoms with Gasteiger partial charge in [0.25, 0.3) is 0 Å².